The van der Waals surface area contributed by atoms with Crippen molar-refractivity contribution < 1.29 is 13.9 Å². The maximum atomic E-state index is 12.0. The minimum atomic E-state index is -0.134. The summed E-state index contributed by atoms with van der Waals surface area (Å²) in [6.07, 6.45) is 2.47. The number of rotatable bonds is 10. The van der Waals surface area contributed by atoms with Crippen LogP contribution in [0.15, 0.2) is 52.1 Å². The maximum Gasteiger partial charge on any atom is 0.251 e. The summed E-state index contributed by atoms with van der Waals surface area (Å²) in [5.74, 6) is 1.37. The first kappa shape index (κ1) is 20.8. The van der Waals surface area contributed by atoms with Gasteiger partial charge in [0, 0.05) is 43.9 Å². The van der Waals surface area contributed by atoms with E-state index in [1.54, 1.807) is 37.6 Å². The van der Waals surface area contributed by atoms with Crippen LogP contribution >= 0.6 is 11.6 Å². The van der Waals surface area contributed by atoms with E-state index < -0.39 is 0 Å². The van der Waals surface area contributed by atoms with Crippen LogP contribution in [0.5, 0.6) is 0 Å². The van der Waals surface area contributed by atoms with E-state index >= 15 is 0 Å². The minimum Gasteiger partial charge on any atom is -0.467 e. The molecule has 7 nitrogen and oxygen atoms in total. The van der Waals surface area contributed by atoms with Crippen LogP contribution in [0.25, 0.3) is 0 Å². The van der Waals surface area contributed by atoms with Gasteiger partial charge in [0.05, 0.1) is 6.26 Å². The van der Waals surface area contributed by atoms with Crippen molar-refractivity contribution in [2.24, 2.45) is 4.99 Å². The quantitative estimate of drug-likeness (QED) is 0.328. The van der Waals surface area contributed by atoms with Crippen molar-refractivity contribution in [1.82, 2.24) is 16.0 Å². The molecule has 1 aromatic carbocycles. The number of benzene rings is 1. The van der Waals surface area contributed by atoms with Crippen LogP contribution in [0.2, 0.25) is 5.02 Å². The second-order valence-corrected chi connectivity index (χ2v) is 6.11. The number of ether oxygens (including phenoxy) is 1. The third kappa shape index (κ3) is 8.15. The molecule has 8 heteroatoms. The Kier molecular flexibility index (Phi) is 9.23. The van der Waals surface area contributed by atoms with Gasteiger partial charge in [0.2, 0.25) is 0 Å². The molecule has 0 aliphatic rings. The smallest absolute Gasteiger partial charge is 0.251 e. The number of furan rings is 1. The van der Waals surface area contributed by atoms with E-state index in [4.69, 9.17) is 20.8 Å². The lowest BCUT2D eigenvalue weighted by atomic mass is 10.2. The summed E-state index contributed by atoms with van der Waals surface area (Å²) in [6.45, 7) is 2.88. The summed E-state index contributed by atoms with van der Waals surface area (Å²) in [6, 6.07) is 10.5. The molecule has 0 spiro atoms. The van der Waals surface area contributed by atoms with E-state index in [1.807, 2.05) is 12.1 Å². The molecule has 3 N–H and O–H groups in total. The molecule has 0 aliphatic heterocycles. The van der Waals surface area contributed by atoms with E-state index in [1.165, 1.54) is 0 Å². The first-order chi connectivity index (χ1) is 13.2. The highest BCUT2D eigenvalue weighted by Gasteiger charge is 2.04. The molecule has 146 valence electrons. The molecular formula is C19H25ClN4O3. The van der Waals surface area contributed by atoms with Crippen molar-refractivity contribution in [1.29, 1.82) is 0 Å². The number of carbonyl (C=O) groups excluding carboxylic acids is 1. The predicted octanol–water partition coefficient (Wildman–Crippen LogP) is 2.43. The van der Waals surface area contributed by atoms with Gasteiger partial charge in [-0.3, -0.25) is 9.79 Å². The molecule has 0 fully saturated rings. The lowest BCUT2D eigenvalue weighted by Gasteiger charge is -2.12. The van der Waals surface area contributed by atoms with Crippen LogP contribution in [0, 0.1) is 0 Å². The number of aliphatic imine (C=N–C) groups is 1. The molecule has 1 heterocycles. The fourth-order valence-electron chi connectivity index (χ4n) is 2.23. The average molecular weight is 393 g/mol. The number of halogens is 1. The van der Waals surface area contributed by atoms with Crippen molar-refractivity contribution in [3.8, 4) is 0 Å². The maximum absolute atomic E-state index is 12.0. The topological polar surface area (TPSA) is 87.9 Å². The van der Waals surface area contributed by atoms with Gasteiger partial charge in [-0.1, -0.05) is 11.6 Å². The summed E-state index contributed by atoms with van der Waals surface area (Å²) >= 11 is 5.81. The monoisotopic (exact) mass is 392 g/mol. The molecule has 0 bridgehead atoms. The van der Waals surface area contributed by atoms with Gasteiger partial charge < -0.3 is 25.1 Å². The molecular weight excluding hydrogens is 368 g/mol. The Morgan fingerprint density at radius 1 is 1.11 bits per heavy atom. The Morgan fingerprint density at radius 3 is 2.56 bits per heavy atom. The zero-order valence-electron chi connectivity index (χ0n) is 15.3. The fourth-order valence-corrected chi connectivity index (χ4v) is 2.36. The van der Waals surface area contributed by atoms with Crippen molar-refractivity contribution >= 4 is 23.5 Å². The standard InChI is InChI=1S/C19H25ClN4O3/c1-21-19(23-9-3-12-26-14-17-4-2-13-27-17)24-11-10-22-18(25)15-5-7-16(20)8-6-15/h2,4-8,13H,3,9-12,14H2,1H3,(H,22,25)(H2,21,23,24). The van der Waals surface area contributed by atoms with Crippen LogP contribution in [-0.2, 0) is 11.3 Å². The Labute approximate surface area is 164 Å². The van der Waals surface area contributed by atoms with E-state index in [0.717, 1.165) is 18.7 Å². The number of amides is 1. The lowest BCUT2D eigenvalue weighted by Crippen LogP contribution is -2.42. The summed E-state index contributed by atoms with van der Waals surface area (Å²) in [7, 11) is 1.70. The van der Waals surface area contributed by atoms with Gasteiger partial charge in [-0.2, -0.15) is 0 Å². The molecule has 1 aromatic heterocycles. The van der Waals surface area contributed by atoms with Gasteiger partial charge in [0.25, 0.3) is 5.91 Å². The Morgan fingerprint density at radius 2 is 1.85 bits per heavy atom. The molecule has 1 amide bonds. The number of nitrogens with zero attached hydrogens (tertiary/aromatic N) is 1. The van der Waals surface area contributed by atoms with Gasteiger partial charge in [-0.15, -0.1) is 0 Å². The molecule has 2 rings (SSSR count). The Hall–Kier alpha value is -2.51. The molecule has 0 radical (unpaired) electrons. The van der Waals surface area contributed by atoms with Gasteiger partial charge >= 0.3 is 0 Å². The fraction of sp³-hybridized carbons (Fsp3) is 0.368. The normalized spacial score (nSPS) is 11.3. The van der Waals surface area contributed by atoms with Crippen molar-refractivity contribution in [3.05, 3.63) is 59.0 Å². The third-order valence-electron chi connectivity index (χ3n) is 3.62. The summed E-state index contributed by atoms with van der Waals surface area (Å²) in [4.78, 5) is 16.1. The minimum absolute atomic E-state index is 0.134. The average Bonchev–Trinajstić information content (AvgIpc) is 3.20. The molecule has 27 heavy (non-hydrogen) atoms. The number of hydrogen-bond donors (Lipinski definition) is 3. The lowest BCUT2D eigenvalue weighted by molar-refractivity contribution is 0.0954. The number of guanidine groups is 1. The summed E-state index contributed by atoms with van der Waals surface area (Å²) < 4.78 is 10.7. The Balaban J connectivity index is 1.52. The zero-order chi connectivity index (χ0) is 19.3. The van der Waals surface area contributed by atoms with Gasteiger partial charge in [-0.25, -0.2) is 0 Å². The van der Waals surface area contributed by atoms with Crippen molar-refractivity contribution in [3.63, 3.8) is 0 Å². The molecule has 0 aliphatic carbocycles. The summed E-state index contributed by atoms with van der Waals surface area (Å²) in [5.41, 5.74) is 0.580. The first-order valence-corrected chi connectivity index (χ1v) is 9.15. The van der Waals surface area contributed by atoms with Crippen LogP contribution in [0.1, 0.15) is 22.5 Å². The number of nitrogens with one attached hydrogen (secondary N) is 3. The highest BCUT2D eigenvalue weighted by molar-refractivity contribution is 6.30. The zero-order valence-corrected chi connectivity index (χ0v) is 16.1. The van der Waals surface area contributed by atoms with Gasteiger partial charge in [0.15, 0.2) is 5.96 Å². The van der Waals surface area contributed by atoms with Crippen LogP contribution in [-0.4, -0.2) is 45.2 Å². The highest BCUT2D eigenvalue weighted by Crippen LogP contribution is 2.09. The largest absolute Gasteiger partial charge is 0.467 e. The number of carbonyl (C=O) groups is 1. The van der Waals surface area contributed by atoms with Crippen LogP contribution in [0.4, 0.5) is 0 Å². The second kappa shape index (κ2) is 12.0. The summed E-state index contributed by atoms with van der Waals surface area (Å²) in [5, 5.41) is 9.79. The second-order valence-electron chi connectivity index (χ2n) is 5.67. The van der Waals surface area contributed by atoms with Crippen LogP contribution < -0.4 is 16.0 Å². The van der Waals surface area contributed by atoms with Gasteiger partial charge in [0.1, 0.15) is 12.4 Å². The molecule has 0 unspecified atom stereocenters. The first-order valence-electron chi connectivity index (χ1n) is 8.77. The SMILES string of the molecule is CN=C(NCCCOCc1ccco1)NCCNC(=O)c1ccc(Cl)cc1. The molecule has 2 aromatic rings. The van der Waals surface area contributed by atoms with E-state index in [2.05, 4.69) is 20.9 Å². The Bertz CT molecular complexity index is 702. The molecule has 0 atom stereocenters. The third-order valence-corrected chi connectivity index (χ3v) is 3.87. The van der Waals surface area contributed by atoms with Gasteiger partial charge in [-0.05, 0) is 42.8 Å². The predicted molar refractivity (Wildman–Crippen MR) is 106 cm³/mol. The van der Waals surface area contributed by atoms with E-state index in [-0.39, 0.29) is 5.91 Å². The van der Waals surface area contributed by atoms with Crippen LogP contribution in [0.3, 0.4) is 0 Å². The van der Waals surface area contributed by atoms with Crippen molar-refractivity contribution in [2.75, 3.05) is 33.3 Å². The highest BCUT2D eigenvalue weighted by atomic mass is 35.5. The van der Waals surface area contributed by atoms with E-state index in [9.17, 15) is 4.79 Å². The van der Waals surface area contributed by atoms with Crippen molar-refractivity contribution in [2.45, 2.75) is 13.0 Å². The number of hydrogen-bond acceptors (Lipinski definition) is 4. The molecule has 0 saturated heterocycles. The van der Waals surface area contributed by atoms with E-state index in [0.29, 0.717) is 42.8 Å². The molecule has 0 saturated carbocycles.